The van der Waals surface area contributed by atoms with E-state index in [1.54, 1.807) is 0 Å². The van der Waals surface area contributed by atoms with Crippen molar-refractivity contribution in [3.63, 3.8) is 0 Å². The Morgan fingerprint density at radius 3 is 2.09 bits per heavy atom. The highest BCUT2D eigenvalue weighted by atomic mass is 32.1. The van der Waals surface area contributed by atoms with Crippen molar-refractivity contribution in [3.05, 3.63) is 139 Å². The molecule has 3 heterocycles. The number of hydrogen-bond acceptors (Lipinski definition) is 3. The third-order valence-electron chi connectivity index (χ3n) is 8.15. The number of thiophene rings is 1. The van der Waals surface area contributed by atoms with Crippen LogP contribution in [-0.2, 0) is 14.1 Å². The van der Waals surface area contributed by atoms with E-state index < -0.39 is 0 Å². The zero-order valence-electron chi connectivity index (χ0n) is 24.8. The number of para-hydroxylation sites is 2. The number of ether oxygens (including phenoxy) is 1. The Kier molecular flexibility index (Phi) is 6.88. The number of aromatic nitrogens is 2. The molecule has 3 aromatic heterocycles. The van der Waals surface area contributed by atoms with E-state index >= 15 is 0 Å². The molecular weight excluding hydrogens is 547 g/mol. The standard InChI is InChI=1S/C38H33N3OS/c1-26-14-8-10-19-32(26)42-36-23-13-22-35(40(36)4)41(28-15-6-5-7-16-28)34-21-12-18-31(39(34)3)37-27(2)24-25-30-29-17-9-11-20-33(29)43-38(30)37/h5-25H,1-4H3/q+2. The molecule has 0 radical (unpaired) electrons. The van der Waals surface area contributed by atoms with Crippen LogP contribution < -0.4 is 18.8 Å². The molecule has 0 saturated heterocycles. The van der Waals surface area contributed by atoms with E-state index in [2.05, 4.69) is 145 Å². The highest BCUT2D eigenvalue weighted by molar-refractivity contribution is 7.26. The molecule has 210 valence electrons. The SMILES string of the molecule is Cc1ccccc1Oc1cccc(N(c2ccccc2)c2cccc(-c3c(C)ccc4c3sc3ccccc34)[n+]2C)[n+]1C. The van der Waals surface area contributed by atoms with E-state index in [-0.39, 0.29) is 0 Å². The molecule has 0 amide bonds. The number of anilines is 3. The van der Waals surface area contributed by atoms with Crippen LogP contribution in [0, 0.1) is 13.8 Å². The van der Waals surface area contributed by atoms with Crippen molar-refractivity contribution in [2.45, 2.75) is 13.8 Å². The average molecular weight is 580 g/mol. The Bertz CT molecular complexity index is 2120. The van der Waals surface area contributed by atoms with Gasteiger partial charge in [-0.2, -0.15) is 9.47 Å². The lowest BCUT2D eigenvalue weighted by Gasteiger charge is -2.21. The zero-order valence-corrected chi connectivity index (χ0v) is 25.6. The van der Waals surface area contributed by atoms with Crippen molar-refractivity contribution in [2.24, 2.45) is 14.1 Å². The fourth-order valence-corrected chi connectivity index (χ4v) is 7.19. The predicted octanol–water partition coefficient (Wildman–Crippen LogP) is 9.25. The Labute approximate surface area is 256 Å². The van der Waals surface area contributed by atoms with Gasteiger partial charge in [0.25, 0.3) is 17.5 Å². The van der Waals surface area contributed by atoms with Crippen LogP contribution in [0.1, 0.15) is 11.1 Å². The van der Waals surface area contributed by atoms with Crippen molar-refractivity contribution in [3.8, 4) is 22.9 Å². The first-order chi connectivity index (χ1) is 21.0. The van der Waals surface area contributed by atoms with Crippen LogP contribution in [0.25, 0.3) is 31.4 Å². The molecule has 7 aromatic rings. The van der Waals surface area contributed by atoms with Crippen molar-refractivity contribution in [1.29, 1.82) is 0 Å². The molecule has 43 heavy (non-hydrogen) atoms. The van der Waals surface area contributed by atoms with Crippen LogP contribution >= 0.6 is 11.3 Å². The van der Waals surface area contributed by atoms with Gasteiger partial charge >= 0.3 is 0 Å². The largest absolute Gasteiger partial charge is 0.423 e. The first-order valence-electron chi connectivity index (χ1n) is 14.5. The van der Waals surface area contributed by atoms with Crippen molar-refractivity contribution >= 4 is 48.8 Å². The second-order valence-electron chi connectivity index (χ2n) is 10.9. The Balaban J connectivity index is 1.42. The van der Waals surface area contributed by atoms with Crippen molar-refractivity contribution in [1.82, 2.24) is 0 Å². The Morgan fingerprint density at radius 2 is 1.28 bits per heavy atom. The third kappa shape index (κ3) is 4.72. The van der Waals surface area contributed by atoms with Gasteiger partial charge < -0.3 is 4.74 Å². The van der Waals surface area contributed by atoms with Gasteiger partial charge in [-0.15, -0.1) is 11.3 Å². The molecule has 0 saturated carbocycles. The highest BCUT2D eigenvalue weighted by Crippen LogP contribution is 2.41. The molecule has 0 atom stereocenters. The van der Waals surface area contributed by atoms with Crippen LogP contribution in [0.15, 0.2) is 127 Å². The number of benzene rings is 4. The van der Waals surface area contributed by atoms with Gasteiger partial charge in [-0.25, -0.2) is 4.57 Å². The van der Waals surface area contributed by atoms with E-state index in [1.165, 1.54) is 37.0 Å². The second kappa shape index (κ2) is 11.0. The molecule has 0 fully saturated rings. The van der Waals surface area contributed by atoms with E-state index in [9.17, 15) is 0 Å². The minimum atomic E-state index is 0.762. The van der Waals surface area contributed by atoms with Gasteiger partial charge in [0.05, 0.1) is 14.1 Å². The van der Waals surface area contributed by atoms with Crippen LogP contribution in [0.2, 0.25) is 0 Å². The summed E-state index contributed by atoms with van der Waals surface area (Å²) in [6.45, 7) is 4.28. The average Bonchev–Trinajstić information content (AvgIpc) is 3.40. The van der Waals surface area contributed by atoms with Gasteiger partial charge in [0, 0.05) is 43.9 Å². The maximum atomic E-state index is 6.45. The maximum Gasteiger partial charge on any atom is 0.292 e. The van der Waals surface area contributed by atoms with E-state index in [4.69, 9.17) is 4.74 Å². The smallest absolute Gasteiger partial charge is 0.292 e. The lowest BCUT2D eigenvalue weighted by molar-refractivity contribution is -0.667. The molecule has 0 N–H and O–H groups in total. The summed E-state index contributed by atoms with van der Waals surface area (Å²) in [5, 5.41) is 2.62. The normalized spacial score (nSPS) is 11.3. The summed E-state index contributed by atoms with van der Waals surface area (Å²) in [6.07, 6.45) is 0. The van der Waals surface area contributed by atoms with Gasteiger partial charge in [-0.3, -0.25) is 0 Å². The summed E-state index contributed by atoms with van der Waals surface area (Å²) in [6, 6.07) is 44.7. The quantitative estimate of drug-likeness (QED) is 0.183. The van der Waals surface area contributed by atoms with Crippen molar-refractivity contribution in [2.75, 3.05) is 4.90 Å². The lowest BCUT2D eigenvalue weighted by atomic mass is 10.0. The van der Waals surface area contributed by atoms with Crippen LogP contribution in [0.3, 0.4) is 0 Å². The minimum Gasteiger partial charge on any atom is -0.423 e. The second-order valence-corrected chi connectivity index (χ2v) is 11.9. The summed E-state index contributed by atoms with van der Waals surface area (Å²) in [4.78, 5) is 2.30. The van der Waals surface area contributed by atoms with Gasteiger partial charge in [-0.1, -0.05) is 66.7 Å². The Morgan fingerprint density at radius 1 is 0.581 bits per heavy atom. The minimum absolute atomic E-state index is 0.762. The fraction of sp³-hybridized carbons (Fsp3) is 0.105. The van der Waals surface area contributed by atoms with Gasteiger partial charge in [0.1, 0.15) is 17.1 Å². The molecule has 5 heteroatoms. The van der Waals surface area contributed by atoms with Crippen LogP contribution in [0.4, 0.5) is 17.3 Å². The number of nitrogens with zero attached hydrogens (tertiary/aromatic N) is 3. The third-order valence-corrected chi connectivity index (χ3v) is 9.36. The zero-order chi connectivity index (χ0) is 29.5. The summed E-state index contributed by atoms with van der Waals surface area (Å²) in [5.74, 6) is 3.64. The molecule has 4 nitrogen and oxygen atoms in total. The Hall–Kier alpha value is -5.00. The number of rotatable bonds is 6. The topological polar surface area (TPSA) is 20.2 Å². The molecular formula is C38H33N3OS+2. The number of fused-ring (bicyclic) bond motifs is 3. The predicted molar refractivity (Wildman–Crippen MR) is 178 cm³/mol. The molecule has 0 unspecified atom stereocenters. The monoisotopic (exact) mass is 579 g/mol. The van der Waals surface area contributed by atoms with E-state index in [1.807, 2.05) is 35.6 Å². The summed E-state index contributed by atoms with van der Waals surface area (Å²) < 4.78 is 13.5. The molecule has 7 rings (SSSR count). The number of pyridine rings is 2. The summed E-state index contributed by atoms with van der Waals surface area (Å²) in [5.41, 5.74) is 5.87. The molecule has 0 aliphatic heterocycles. The van der Waals surface area contributed by atoms with Gasteiger partial charge in [0.2, 0.25) is 0 Å². The summed E-state index contributed by atoms with van der Waals surface area (Å²) in [7, 11) is 4.23. The van der Waals surface area contributed by atoms with Crippen molar-refractivity contribution < 1.29 is 13.9 Å². The first kappa shape index (κ1) is 26.9. The molecule has 0 spiro atoms. The molecule has 4 aromatic carbocycles. The first-order valence-corrected chi connectivity index (χ1v) is 15.3. The lowest BCUT2D eigenvalue weighted by Crippen LogP contribution is -2.42. The molecule has 0 aliphatic carbocycles. The maximum absolute atomic E-state index is 6.45. The number of hydrogen-bond donors (Lipinski definition) is 0. The van der Waals surface area contributed by atoms with E-state index in [0.717, 1.165) is 34.5 Å². The van der Waals surface area contributed by atoms with Gasteiger partial charge in [-0.05, 0) is 67.4 Å². The van der Waals surface area contributed by atoms with Crippen LogP contribution in [-0.4, -0.2) is 0 Å². The molecule has 0 aliphatic rings. The van der Waals surface area contributed by atoms with Crippen LogP contribution in [0.5, 0.6) is 11.6 Å². The number of aryl methyl sites for hydroxylation is 2. The van der Waals surface area contributed by atoms with E-state index in [0.29, 0.717) is 0 Å². The highest BCUT2D eigenvalue weighted by Gasteiger charge is 2.31. The fourth-order valence-electron chi connectivity index (χ4n) is 5.88. The molecule has 0 bridgehead atoms. The van der Waals surface area contributed by atoms with Gasteiger partial charge in [0.15, 0.2) is 0 Å². The summed E-state index contributed by atoms with van der Waals surface area (Å²) >= 11 is 1.87.